The van der Waals surface area contributed by atoms with Crippen molar-refractivity contribution in [2.45, 2.75) is 29.9 Å². The first-order chi connectivity index (χ1) is 13.5. The fraction of sp³-hybridized carbons (Fsp3) is 0.273. The number of aliphatic hydroxyl groups is 2. The lowest BCUT2D eigenvalue weighted by molar-refractivity contribution is 0.210. The Morgan fingerprint density at radius 1 is 0.964 bits per heavy atom. The molecule has 2 atom stereocenters. The van der Waals surface area contributed by atoms with Crippen molar-refractivity contribution in [3.8, 4) is 0 Å². The number of sulfonamides is 1. The van der Waals surface area contributed by atoms with Crippen LogP contribution < -0.4 is 0 Å². The van der Waals surface area contributed by atoms with Crippen molar-refractivity contribution in [1.82, 2.24) is 4.31 Å². The van der Waals surface area contributed by atoms with E-state index in [0.717, 1.165) is 17.2 Å². The molecule has 0 radical (unpaired) electrons. The molecule has 0 unspecified atom stereocenters. The highest BCUT2D eigenvalue weighted by Crippen LogP contribution is 2.35. The van der Waals surface area contributed by atoms with Crippen LogP contribution in [-0.4, -0.2) is 42.1 Å². The van der Waals surface area contributed by atoms with E-state index in [4.69, 9.17) is 0 Å². The van der Waals surface area contributed by atoms with Crippen LogP contribution in [0.5, 0.6) is 0 Å². The van der Waals surface area contributed by atoms with Crippen molar-refractivity contribution >= 4 is 20.8 Å². The zero-order valence-corrected chi connectivity index (χ0v) is 16.2. The van der Waals surface area contributed by atoms with Gasteiger partial charge in [0.25, 0.3) is 0 Å². The number of fused-ring (bicyclic) bond motifs is 1. The number of nitrogens with zero attached hydrogens (tertiary/aromatic N) is 1. The minimum Gasteiger partial charge on any atom is -0.395 e. The van der Waals surface area contributed by atoms with Gasteiger partial charge >= 0.3 is 0 Å². The molecule has 5 nitrogen and oxygen atoms in total. The fourth-order valence-electron chi connectivity index (χ4n) is 4.03. The largest absolute Gasteiger partial charge is 0.395 e. The van der Waals surface area contributed by atoms with E-state index >= 15 is 0 Å². The lowest BCUT2D eigenvalue weighted by atomic mass is 9.96. The molecule has 1 fully saturated rings. The maximum atomic E-state index is 13.3. The summed E-state index contributed by atoms with van der Waals surface area (Å²) in [6.07, 6.45) is 0.287. The van der Waals surface area contributed by atoms with Crippen molar-refractivity contribution in [2.24, 2.45) is 0 Å². The highest BCUT2D eigenvalue weighted by molar-refractivity contribution is 7.89. The molecule has 146 valence electrons. The lowest BCUT2D eigenvalue weighted by Gasteiger charge is -2.25. The van der Waals surface area contributed by atoms with Gasteiger partial charge in [0, 0.05) is 18.2 Å². The van der Waals surface area contributed by atoms with Crippen LogP contribution in [0, 0.1) is 0 Å². The molecule has 0 bridgehead atoms. The summed E-state index contributed by atoms with van der Waals surface area (Å²) in [5.74, 6) is 0. The zero-order valence-electron chi connectivity index (χ0n) is 15.4. The topological polar surface area (TPSA) is 77.8 Å². The molecule has 0 aromatic heterocycles. The van der Waals surface area contributed by atoms with E-state index in [-0.39, 0.29) is 11.5 Å². The van der Waals surface area contributed by atoms with Crippen LogP contribution in [0.2, 0.25) is 0 Å². The molecule has 3 aromatic rings. The monoisotopic (exact) mass is 397 g/mol. The van der Waals surface area contributed by atoms with Crippen LogP contribution >= 0.6 is 0 Å². The third kappa shape index (κ3) is 3.22. The molecule has 0 spiro atoms. The Balaban J connectivity index is 1.82. The van der Waals surface area contributed by atoms with Gasteiger partial charge in [-0.25, -0.2) is 8.42 Å². The predicted molar refractivity (Wildman–Crippen MR) is 108 cm³/mol. The highest BCUT2D eigenvalue weighted by Gasteiger charge is 2.36. The number of hydrogen-bond acceptors (Lipinski definition) is 4. The second-order valence-electron chi connectivity index (χ2n) is 7.10. The second-order valence-corrected chi connectivity index (χ2v) is 8.96. The van der Waals surface area contributed by atoms with Gasteiger partial charge < -0.3 is 10.2 Å². The number of rotatable bonds is 5. The van der Waals surface area contributed by atoms with E-state index in [1.54, 1.807) is 18.2 Å². The van der Waals surface area contributed by atoms with Crippen molar-refractivity contribution in [1.29, 1.82) is 0 Å². The molecule has 1 aliphatic heterocycles. The van der Waals surface area contributed by atoms with E-state index in [1.807, 2.05) is 42.5 Å². The minimum atomic E-state index is -3.82. The average Bonchev–Trinajstić information content (AvgIpc) is 3.23. The molecule has 0 aliphatic carbocycles. The quantitative estimate of drug-likeness (QED) is 0.694. The van der Waals surface area contributed by atoms with Gasteiger partial charge in [-0.1, -0.05) is 60.7 Å². The number of hydrogen-bond donors (Lipinski definition) is 2. The maximum absolute atomic E-state index is 13.3. The number of benzene rings is 3. The molecular formula is C22H23NO4S. The summed E-state index contributed by atoms with van der Waals surface area (Å²) in [4.78, 5) is 0.0933. The van der Waals surface area contributed by atoms with Crippen LogP contribution in [0.4, 0.5) is 0 Å². The molecule has 1 heterocycles. The van der Waals surface area contributed by atoms with Crippen LogP contribution in [-0.2, 0) is 10.0 Å². The Bertz CT molecular complexity index is 1090. The summed E-state index contributed by atoms with van der Waals surface area (Å²) in [7, 11) is -3.82. The summed E-state index contributed by atoms with van der Waals surface area (Å²) in [5, 5.41) is 22.6. The molecule has 1 saturated heterocycles. The molecule has 0 amide bonds. The van der Waals surface area contributed by atoms with Crippen LogP contribution in [0.25, 0.3) is 10.8 Å². The van der Waals surface area contributed by atoms with E-state index < -0.39 is 22.2 Å². The zero-order chi connectivity index (χ0) is 19.7. The molecule has 28 heavy (non-hydrogen) atoms. The Morgan fingerprint density at radius 2 is 1.64 bits per heavy atom. The van der Waals surface area contributed by atoms with E-state index in [1.165, 1.54) is 10.4 Å². The summed E-state index contributed by atoms with van der Waals surface area (Å²) >= 11 is 0. The molecule has 2 N–H and O–H groups in total. The van der Waals surface area contributed by atoms with Gasteiger partial charge in [-0.2, -0.15) is 4.31 Å². The molecule has 0 saturated carbocycles. The molecule has 4 rings (SSSR count). The summed E-state index contributed by atoms with van der Waals surface area (Å²) < 4.78 is 28.0. The van der Waals surface area contributed by atoms with Crippen molar-refractivity contribution in [2.75, 3.05) is 13.2 Å². The average molecular weight is 397 g/mol. The van der Waals surface area contributed by atoms with Crippen molar-refractivity contribution in [3.05, 3.63) is 77.9 Å². The SMILES string of the molecule is O=S(=O)(c1ccccc1[C@H](O)c1cccc2ccccc12)N1CCC[C@H]1CO. The van der Waals surface area contributed by atoms with Gasteiger partial charge in [0.15, 0.2) is 0 Å². The molecule has 6 heteroatoms. The summed E-state index contributed by atoms with van der Waals surface area (Å²) in [6, 6.07) is 19.5. The van der Waals surface area contributed by atoms with Gasteiger partial charge in [-0.15, -0.1) is 0 Å². The van der Waals surface area contributed by atoms with Gasteiger partial charge in [0.1, 0.15) is 6.10 Å². The van der Waals surface area contributed by atoms with Gasteiger partial charge in [-0.05, 0) is 35.2 Å². The first kappa shape index (κ1) is 19.1. The third-order valence-electron chi connectivity index (χ3n) is 5.45. The van der Waals surface area contributed by atoms with Crippen molar-refractivity contribution in [3.63, 3.8) is 0 Å². The lowest BCUT2D eigenvalue weighted by Crippen LogP contribution is -2.38. The molecule has 3 aromatic carbocycles. The summed E-state index contributed by atoms with van der Waals surface area (Å²) in [5.41, 5.74) is 1.02. The Labute approximate surface area is 164 Å². The predicted octanol–water partition coefficient (Wildman–Crippen LogP) is 3.07. The van der Waals surface area contributed by atoms with Crippen LogP contribution in [0.15, 0.2) is 71.6 Å². The standard InChI is InChI=1S/C22H23NO4S/c24-15-17-9-6-14-23(17)28(26,27)21-13-4-3-11-20(21)22(25)19-12-5-8-16-7-1-2-10-18(16)19/h1-5,7-8,10-13,17,22,24-25H,6,9,14-15H2/t17-,22+/m0/s1. The third-order valence-corrected chi connectivity index (χ3v) is 7.48. The first-order valence-electron chi connectivity index (χ1n) is 9.41. The summed E-state index contributed by atoms with van der Waals surface area (Å²) in [6.45, 7) is 0.180. The second kappa shape index (κ2) is 7.64. The van der Waals surface area contributed by atoms with Crippen LogP contribution in [0.1, 0.15) is 30.1 Å². The fourth-order valence-corrected chi connectivity index (χ4v) is 5.95. The van der Waals surface area contributed by atoms with E-state index in [9.17, 15) is 18.6 Å². The Kier molecular flexibility index (Phi) is 5.21. The molecule has 1 aliphatic rings. The van der Waals surface area contributed by atoms with Crippen molar-refractivity contribution < 1.29 is 18.6 Å². The molecular weight excluding hydrogens is 374 g/mol. The first-order valence-corrected chi connectivity index (χ1v) is 10.9. The Morgan fingerprint density at radius 3 is 2.46 bits per heavy atom. The van der Waals surface area contributed by atoms with Gasteiger partial charge in [-0.3, -0.25) is 0 Å². The van der Waals surface area contributed by atoms with Crippen LogP contribution in [0.3, 0.4) is 0 Å². The Hall–Kier alpha value is -2.25. The normalized spacial score (nSPS) is 19.1. The van der Waals surface area contributed by atoms with E-state index in [0.29, 0.717) is 24.1 Å². The van der Waals surface area contributed by atoms with E-state index in [2.05, 4.69) is 0 Å². The maximum Gasteiger partial charge on any atom is 0.243 e. The van der Waals surface area contributed by atoms with Gasteiger partial charge in [0.2, 0.25) is 10.0 Å². The number of aliphatic hydroxyl groups excluding tert-OH is 2. The highest BCUT2D eigenvalue weighted by atomic mass is 32.2. The minimum absolute atomic E-state index is 0.0933. The van der Waals surface area contributed by atoms with Gasteiger partial charge in [0.05, 0.1) is 11.5 Å². The smallest absolute Gasteiger partial charge is 0.243 e.